The van der Waals surface area contributed by atoms with E-state index in [1.54, 1.807) is 43.4 Å². The molecule has 0 spiro atoms. The summed E-state index contributed by atoms with van der Waals surface area (Å²) in [5.41, 5.74) is 1.47. The second kappa shape index (κ2) is 7.64. The summed E-state index contributed by atoms with van der Waals surface area (Å²) in [5, 5.41) is 1.00. The number of hydrogen-bond acceptors (Lipinski definition) is 3. The van der Waals surface area contributed by atoms with Crippen LogP contribution in [0.2, 0.25) is 10.0 Å². The maximum atomic E-state index is 12.7. The molecule has 0 radical (unpaired) electrons. The van der Waals surface area contributed by atoms with Crippen molar-refractivity contribution in [1.29, 1.82) is 0 Å². The topological polar surface area (TPSA) is 66.5 Å². The Labute approximate surface area is 157 Å². The summed E-state index contributed by atoms with van der Waals surface area (Å²) in [5.74, 6) is -0.254. The van der Waals surface area contributed by atoms with Gasteiger partial charge < -0.3 is 4.90 Å². The zero-order valence-corrected chi connectivity index (χ0v) is 16.3. The minimum Gasteiger partial charge on any atom is -0.335 e. The fourth-order valence-electron chi connectivity index (χ4n) is 2.36. The predicted molar refractivity (Wildman–Crippen MR) is 102 cm³/mol. The molecule has 0 saturated carbocycles. The highest BCUT2D eigenvalue weighted by Crippen LogP contribution is 2.30. The molecule has 25 heavy (non-hydrogen) atoms. The summed E-state index contributed by atoms with van der Waals surface area (Å²) in [6.07, 6.45) is 1.05. The lowest BCUT2D eigenvalue weighted by Gasteiger charge is -2.26. The van der Waals surface area contributed by atoms with E-state index in [1.807, 2.05) is 6.92 Å². The van der Waals surface area contributed by atoms with Gasteiger partial charge in [-0.2, -0.15) is 0 Å². The molecule has 2 rings (SSSR count). The maximum absolute atomic E-state index is 12.7. The average molecular weight is 401 g/mol. The van der Waals surface area contributed by atoms with Crippen molar-refractivity contribution in [3.05, 3.63) is 63.6 Å². The van der Waals surface area contributed by atoms with E-state index < -0.39 is 10.0 Å². The van der Waals surface area contributed by atoms with E-state index in [1.165, 1.54) is 11.0 Å². The van der Waals surface area contributed by atoms with Crippen LogP contribution in [-0.2, 0) is 10.0 Å². The average Bonchev–Trinajstić information content (AvgIpc) is 2.51. The summed E-state index contributed by atoms with van der Waals surface area (Å²) < 4.78 is 25.0. The molecular formula is C17H18Cl2N2O3S. The highest BCUT2D eigenvalue weighted by molar-refractivity contribution is 7.92. The minimum absolute atomic E-state index is 0.254. The first kappa shape index (κ1) is 19.6. The van der Waals surface area contributed by atoms with Gasteiger partial charge >= 0.3 is 0 Å². The summed E-state index contributed by atoms with van der Waals surface area (Å²) in [6, 6.07) is 11.2. The summed E-state index contributed by atoms with van der Waals surface area (Å²) in [4.78, 5) is 14.3. The summed E-state index contributed by atoms with van der Waals surface area (Å²) in [6.45, 7) is 1.85. The lowest BCUT2D eigenvalue weighted by molar-refractivity contribution is 0.0743. The zero-order valence-electron chi connectivity index (χ0n) is 14.0. The zero-order chi connectivity index (χ0) is 18.8. The third kappa shape index (κ3) is 5.11. The van der Waals surface area contributed by atoms with E-state index in [9.17, 15) is 13.2 Å². The van der Waals surface area contributed by atoms with E-state index in [2.05, 4.69) is 4.72 Å². The molecule has 2 aromatic carbocycles. The Morgan fingerprint density at radius 3 is 2.44 bits per heavy atom. The fraction of sp³-hybridized carbons (Fsp3) is 0.235. The number of rotatable bonds is 5. The number of amides is 1. The standard InChI is InChI=1S/C17H18Cl2N2O3S/c1-11(15-8-7-13(18)10-16(15)19)21(2)17(22)12-5-4-6-14(9-12)20-25(3,23)24/h4-11,20H,1-3H3/t11-/m1/s1. The van der Waals surface area contributed by atoms with Crippen molar-refractivity contribution in [3.63, 3.8) is 0 Å². The lowest BCUT2D eigenvalue weighted by Crippen LogP contribution is -2.30. The van der Waals surface area contributed by atoms with Crippen LogP contribution < -0.4 is 4.72 Å². The molecule has 0 aliphatic heterocycles. The molecule has 0 bridgehead atoms. The van der Waals surface area contributed by atoms with Crippen LogP contribution in [0.3, 0.4) is 0 Å². The Morgan fingerprint density at radius 2 is 1.84 bits per heavy atom. The second-order valence-corrected chi connectivity index (χ2v) is 8.30. The van der Waals surface area contributed by atoms with Crippen molar-refractivity contribution in [2.75, 3.05) is 18.0 Å². The van der Waals surface area contributed by atoms with Crippen molar-refractivity contribution in [3.8, 4) is 0 Å². The van der Waals surface area contributed by atoms with Crippen LogP contribution in [0.1, 0.15) is 28.9 Å². The monoisotopic (exact) mass is 400 g/mol. The third-order valence-electron chi connectivity index (χ3n) is 3.73. The van der Waals surface area contributed by atoms with Crippen molar-refractivity contribution in [2.45, 2.75) is 13.0 Å². The van der Waals surface area contributed by atoms with Gasteiger partial charge in [-0.05, 0) is 42.8 Å². The number of halogens is 2. The van der Waals surface area contributed by atoms with Crippen molar-refractivity contribution in [2.24, 2.45) is 0 Å². The lowest BCUT2D eigenvalue weighted by atomic mass is 10.1. The molecule has 5 nitrogen and oxygen atoms in total. The second-order valence-electron chi connectivity index (χ2n) is 5.71. The van der Waals surface area contributed by atoms with Gasteiger partial charge in [0.1, 0.15) is 0 Å². The van der Waals surface area contributed by atoms with E-state index in [-0.39, 0.29) is 11.9 Å². The molecular weight excluding hydrogens is 383 g/mol. The Morgan fingerprint density at radius 1 is 1.16 bits per heavy atom. The highest BCUT2D eigenvalue weighted by atomic mass is 35.5. The quantitative estimate of drug-likeness (QED) is 0.817. The predicted octanol–water partition coefficient (Wildman–Crippen LogP) is 4.20. The summed E-state index contributed by atoms with van der Waals surface area (Å²) >= 11 is 12.1. The Bertz CT molecular complexity index is 901. The molecule has 2 aromatic rings. The van der Waals surface area contributed by atoms with E-state index >= 15 is 0 Å². The van der Waals surface area contributed by atoms with Crippen LogP contribution in [0.5, 0.6) is 0 Å². The molecule has 0 fully saturated rings. The number of sulfonamides is 1. The number of carbonyl (C=O) groups is 1. The number of hydrogen-bond donors (Lipinski definition) is 1. The molecule has 8 heteroatoms. The molecule has 0 aromatic heterocycles. The van der Waals surface area contributed by atoms with Gasteiger partial charge in [0.2, 0.25) is 10.0 Å². The van der Waals surface area contributed by atoms with Crippen LogP contribution in [0.15, 0.2) is 42.5 Å². The largest absolute Gasteiger partial charge is 0.335 e. The van der Waals surface area contributed by atoms with Crippen LogP contribution in [0.25, 0.3) is 0 Å². The number of nitrogens with zero attached hydrogens (tertiary/aromatic N) is 1. The molecule has 134 valence electrons. The molecule has 1 amide bonds. The van der Waals surface area contributed by atoms with Crippen LogP contribution in [0.4, 0.5) is 5.69 Å². The van der Waals surface area contributed by atoms with E-state index in [0.29, 0.717) is 21.3 Å². The van der Waals surface area contributed by atoms with Crippen molar-refractivity contribution < 1.29 is 13.2 Å². The van der Waals surface area contributed by atoms with E-state index in [0.717, 1.165) is 11.8 Å². The van der Waals surface area contributed by atoms with Gasteiger partial charge in [-0.1, -0.05) is 35.3 Å². The van der Waals surface area contributed by atoms with Crippen LogP contribution in [-0.4, -0.2) is 32.5 Å². The molecule has 0 aliphatic carbocycles. The van der Waals surface area contributed by atoms with Gasteiger partial charge in [0.15, 0.2) is 0 Å². The Hall–Kier alpha value is -1.76. The molecule has 0 aliphatic rings. The number of anilines is 1. The van der Waals surface area contributed by atoms with Crippen molar-refractivity contribution >= 4 is 44.8 Å². The Balaban J connectivity index is 2.26. The van der Waals surface area contributed by atoms with Gasteiger partial charge in [-0.25, -0.2) is 8.42 Å². The van der Waals surface area contributed by atoms with Crippen LogP contribution >= 0.6 is 23.2 Å². The molecule has 0 unspecified atom stereocenters. The number of benzene rings is 2. The first-order chi connectivity index (χ1) is 11.6. The number of nitrogens with one attached hydrogen (secondary N) is 1. The fourth-order valence-corrected chi connectivity index (χ4v) is 3.48. The minimum atomic E-state index is -3.41. The van der Waals surface area contributed by atoms with Crippen LogP contribution in [0, 0.1) is 0 Å². The van der Waals surface area contributed by atoms with Gasteiger partial charge in [0.05, 0.1) is 12.3 Å². The normalized spacial score (nSPS) is 12.5. The van der Waals surface area contributed by atoms with Gasteiger partial charge in [-0.3, -0.25) is 9.52 Å². The smallest absolute Gasteiger partial charge is 0.254 e. The van der Waals surface area contributed by atoms with Gasteiger partial charge in [-0.15, -0.1) is 0 Å². The first-order valence-electron chi connectivity index (χ1n) is 7.38. The molecule has 1 N–H and O–H groups in total. The first-order valence-corrected chi connectivity index (χ1v) is 10.0. The van der Waals surface area contributed by atoms with Gasteiger partial charge in [0, 0.05) is 28.3 Å². The third-order valence-corrected chi connectivity index (χ3v) is 4.90. The number of carbonyl (C=O) groups excluding carboxylic acids is 1. The highest BCUT2D eigenvalue weighted by Gasteiger charge is 2.21. The van der Waals surface area contributed by atoms with E-state index in [4.69, 9.17) is 23.2 Å². The molecule has 1 atom stereocenters. The Kier molecular flexibility index (Phi) is 5.98. The molecule has 0 heterocycles. The maximum Gasteiger partial charge on any atom is 0.254 e. The summed E-state index contributed by atoms with van der Waals surface area (Å²) in [7, 11) is -1.75. The van der Waals surface area contributed by atoms with Gasteiger partial charge in [0.25, 0.3) is 5.91 Å². The molecule has 0 saturated heterocycles. The SMILES string of the molecule is C[C@H](c1ccc(Cl)cc1Cl)N(C)C(=O)c1cccc(NS(C)(=O)=O)c1. The van der Waals surface area contributed by atoms with Crippen molar-refractivity contribution in [1.82, 2.24) is 4.90 Å².